The quantitative estimate of drug-likeness (QED) is 0.855. The fourth-order valence-corrected chi connectivity index (χ4v) is 2.51. The van der Waals surface area contributed by atoms with E-state index < -0.39 is 6.10 Å². The standard InChI is InChI=1S/C18H22N4O3/c1-14(25-15-5-3-2-4-6-15)18(23)20-13-16-19-8-7-17(21-16)22-9-11-24-12-10-22/h2-8,14H,9-13H2,1H3,(H,20,23)/t14-/m0/s1. The molecular formula is C18H22N4O3. The molecule has 2 aromatic rings. The van der Waals surface area contributed by atoms with E-state index >= 15 is 0 Å². The molecule has 0 radical (unpaired) electrons. The first-order valence-corrected chi connectivity index (χ1v) is 8.36. The van der Waals surface area contributed by atoms with Crippen LogP contribution < -0.4 is 15.0 Å². The van der Waals surface area contributed by atoms with Gasteiger partial charge in [0.2, 0.25) is 0 Å². The molecule has 0 saturated carbocycles. The Hall–Kier alpha value is -2.67. The van der Waals surface area contributed by atoms with Crippen molar-refractivity contribution in [3.63, 3.8) is 0 Å². The van der Waals surface area contributed by atoms with Gasteiger partial charge in [-0.15, -0.1) is 0 Å². The van der Waals surface area contributed by atoms with E-state index in [0.717, 1.165) is 18.9 Å². The minimum atomic E-state index is -0.593. The number of nitrogens with zero attached hydrogens (tertiary/aromatic N) is 3. The molecule has 1 saturated heterocycles. The van der Waals surface area contributed by atoms with Gasteiger partial charge in [0.15, 0.2) is 6.10 Å². The van der Waals surface area contributed by atoms with Gasteiger partial charge in [-0.2, -0.15) is 0 Å². The number of hydrogen-bond donors (Lipinski definition) is 1. The molecule has 0 aliphatic carbocycles. The van der Waals surface area contributed by atoms with Crippen molar-refractivity contribution in [2.75, 3.05) is 31.2 Å². The first kappa shape index (κ1) is 17.2. The number of nitrogens with one attached hydrogen (secondary N) is 1. The number of hydrogen-bond acceptors (Lipinski definition) is 6. The van der Waals surface area contributed by atoms with Gasteiger partial charge in [0.1, 0.15) is 17.4 Å². The SMILES string of the molecule is C[C@H](Oc1ccccc1)C(=O)NCc1nccc(N2CCOCC2)n1. The molecule has 7 nitrogen and oxygen atoms in total. The van der Waals surface area contributed by atoms with Crippen LogP contribution in [0.25, 0.3) is 0 Å². The number of aromatic nitrogens is 2. The number of carbonyl (C=O) groups is 1. The number of anilines is 1. The first-order chi connectivity index (χ1) is 12.2. The van der Waals surface area contributed by atoms with Gasteiger partial charge in [-0.05, 0) is 25.1 Å². The Morgan fingerprint density at radius 3 is 2.80 bits per heavy atom. The average molecular weight is 342 g/mol. The van der Waals surface area contributed by atoms with Crippen molar-refractivity contribution in [1.29, 1.82) is 0 Å². The van der Waals surface area contributed by atoms with Crippen molar-refractivity contribution in [3.05, 3.63) is 48.4 Å². The van der Waals surface area contributed by atoms with Crippen molar-refractivity contribution < 1.29 is 14.3 Å². The maximum atomic E-state index is 12.2. The van der Waals surface area contributed by atoms with Crippen molar-refractivity contribution >= 4 is 11.7 Å². The van der Waals surface area contributed by atoms with Gasteiger partial charge in [-0.25, -0.2) is 9.97 Å². The Morgan fingerprint density at radius 1 is 1.28 bits per heavy atom. The molecule has 1 amide bonds. The Labute approximate surface area is 147 Å². The molecule has 1 fully saturated rings. The normalized spacial score (nSPS) is 15.5. The second kappa shape index (κ2) is 8.43. The summed E-state index contributed by atoms with van der Waals surface area (Å²) in [7, 11) is 0. The van der Waals surface area contributed by atoms with Crippen molar-refractivity contribution in [2.45, 2.75) is 19.6 Å². The van der Waals surface area contributed by atoms with Gasteiger partial charge >= 0.3 is 0 Å². The highest BCUT2D eigenvalue weighted by atomic mass is 16.5. The molecule has 1 aromatic heterocycles. The Balaban J connectivity index is 1.53. The maximum absolute atomic E-state index is 12.2. The summed E-state index contributed by atoms with van der Waals surface area (Å²) in [5, 5.41) is 2.82. The molecule has 0 spiro atoms. The van der Waals surface area contributed by atoms with Gasteiger partial charge in [-0.1, -0.05) is 18.2 Å². The third-order valence-corrected chi connectivity index (χ3v) is 3.87. The monoisotopic (exact) mass is 342 g/mol. The molecular weight excluding hydrogens is 320 g/mol. The van der Waals surface area contributed by atoms with E-state index in [1.165, 1.54) is 0 Å². The largest absolute Gasteiger partial charge is 0.481 e. The number of carbonyl (C=O) groups excluding carboxylic acids is 1. The Bertz CT molecular complexity index is 690. The van der Waals surface area contributed by atoms with Gasteiger partial charge < -0.3 is 19.7 Å². The van der Waals surface area contributed by atoms with Crippen LogP contribution in [0.15, 0.2) is 42.6 Å². The highest BCUT2D eigenvalue weighted by Gasteiger charge is 2.16. The smallest absolute Gasteiger partial charge is 0.261 e. The number of amides is 1. The summed E-state index contributed by atoms with van der Waals surface area (Å²) in [5.74, 6) is 1.89. The minimum absolute atomic E-state index is 0.204. The van der Waals surface area contributed by atoms with Gasteiger partial charge in [-0.3, -0.25) is 4.79 Å². The van der Waals surface area contributed by atoms with Crippen LogP contribution in [0.3, 0.4) is 0 Å². The predicted octanol–water partition coefficient (Wildman–Crippen LogP) is 1.40. The summed E-state index contributed by atoms with van der Waals surface area (Å²) in [6.07, 6.45) is 1.12. The Kier molecular flexibility index (Phi) is 5.79. The lowest BCUT2D eigenvalue weighted by Crippen LogP contribution is -2.38. The summed E-state index contributed by atoms with van der Waals surface area (Å²) in [4.78, 5) is 23.1. The molecule has 1 atom stereocenters. The second-order valence-electron chi connectivity index (χ2n) is 5.72. The minimum Gasteiger partial charge on any atom is -0.481 e. The summed E-state index contributed by atoms with van der Waals surface area (Å²) < 4.78 is 11.0. The van der Waals surface area contributed by atoms with Gasteiger partial charge in [0.25, 0.3) is 5.91 Å². The molecule has 1 N–H and O–H groups in total. The van der Waals surface area contributed by atoms with Gasteiger partial charge in [0, 0.05) is 19.3 Å². The van der Waals surface area contributed by atoms with E-state index in [1.54, 1.807) is 13.1 Å². The summed E-state index contributed by atoms with van der Waals surface area (Å²) in [6, 6.07) is 11.1. The molecule has 1 aliphatic heterocycles. The van der Waals surface area contributed by atoms with E-state index in [4.69, 9.17) is 9.47 Å². The van der Waals surface area contributed by atoms with Crippen molar-refractivity contribution in [1.82, 2.24) is 15.3 Å². The average Bonchev–Trinajstić information content (AvgIpc) is 2.68. The fraction of sp³-hybridized carbons (Fsp3) is 0.389. The van der Waals surface area contributed by atoms with Crippen LogP contribution in [0.2, 0.25) is 0 Å². The van der Waals surface area contributed by atoms with E-state index in [9.17, 15) is 4.79 Å². The fourth-order valence-electron chi connectivity index (χ4n) is 2.51. The number of morpholine rings is 1. The zero-order valence-electron chi connectivity index (χ0n) is 14.2. The lowest BCUT2D eigenvalue weighted by molar-refractivity contribution is -0.127. The zero-order chi connectivity index (χ0) is 17.5. The summed E-state index contributed by atoms with van der Waals surface area (Å²) in [5.41, 5.74) is 0. The van der Waals surface area contributed by atoms with Crippen LogP contribution in [0.4, 0.5) is 5.82 Å². The zero-order valence-corrected chi connectivity index (χ0v) is 14.2. The van der Waals surface area contributed by atoms with E-state index in [0.29, 0.717) is 24.8 Å². The Morgan fingerprint density at radius 2 is 2.04 bits per heavy atom. The second-order valence-corrected chi connectivity index (χ2v) is 5.72. The summed E-state index contributed by atoms with van der Waals surface area (Å²) in [6.45, 7) is 5.00. The molecule has 132 valence electrons. The molecule has 25 heavy (non-hydrogen) atoms. The lowest BCUT2D eigenvalue weighted by Gasteiger charge is -2.27. The molecule has 0 unspecified atom stereocenters. The highest BCUT2D eigenvalue weighted by molar-refractivity contribution is 5.80. The van der Waals surface area contributed by atoms with Crippen molar-refractivity contribution in [3.8, 4) is 5.75 Å². The van der Waals surface area contributed by atoms with Crippen LogP contribution in [0, 0.1) is 0 Å². The predicted molar refractivity (Wildman–Crippen MR) is 93.4 cm³/mol. The number of rotatable bonds is 6. The molecule has 1 aromatic carbocycles. The van der Waals surface area contributed by atoms with E-state index in [-0.39, 0.29) is 12.5 Å². The van der Waals surface area contributed by atoms with Crippen LogP contribution >= 0.6 is 0 Å². The third kappa shape index (κ3) is 4.90. The molecule has 3 rings (SSSR count). The number of ether oxygens (including phenoxy) is 2. The number of para-hydroxylation sites is 1. The van der Waals surface area contributed by atoms with Crippen LogP contribution in [0.5, 0.6) is 5.75 Å². The highest BCUT2D eigenvalue weighted by Crippen LogP contribution is 2.12. The third-order valence-electron chi connectivity index (χ3n) is 3.87. The van der Waals surface area contributed by atoms with Crippen LogP contribution in [0.1, 0.15) is 12.7 Å². The molecule has 1 aliphatic rings. The maximum Gasteiger partial charge on any atom is 0.261 e. The van der Waals surface area contributed by atoms with E-state index in [1.807, 2.05) is 36.4 Å². The molecule has 7 heteroatoms. The lowest BCUT2D eigenvalue weighted by atomic mass is 10.3. The molecule has 2 heterocycles. The molecule has 0 bridgehead atoms. The number of benzene rings is 1. The van der Waals surface area contributed by atoms with Gasteiger partial charge in [0.05, 0.1) is 19.8 Å². The summed E-state index contributed by atoms with van der Waals surface area (Å²) >= 11 is 0. The van der Waals surface area contributed by atoms with Crippen LogP contribution in [-0.4, -0.2) is 48.3 Å². The topological polar surface area (TPSA) is 76.6 Å². The first-order valence-electron chi connectivity index (χ1n) is 8.36. The van der Waals surface area contributed by atoms with Crippen LogP contribution in [-0.2, 0) is 16.1 Å². The van der Waals surface area contributed by atoms with Crippen molar-refractivity contribution in [2.24, 2.45) is 0 Å². The van der Waals surface area contributed by atoms with E-state index in [2.05, 4.69) is 20.2 Å².